The quantitative estimate of drug-likeness (QED) is 0.262. The third-order valence-electron chi connectivity index (χ3n) is 8.84. The zero-order valence-electron chi connectivity index (χ0n) is 25.9. The van der Waals surface area contributed by atoms with Gasteiger partial charge in [-0.05, 0) is 25.5 Å². The van der Waals surface area contributed by atoms with E-state index in [2.05, 4.69) is 6.58 Å². The van der Waals surface area contributed by atoms with Crippen molar-refractivity contribution in [2.24, 2.45) is 17.3 Å². The van der Waals surface area contributed by atoms with Gasteiger partial charge in [-0.3, -0.25) is 28.8 Å². The Hall–Kier alpha value is -3.45. The zero-order valence-corrected chi connectivity index (χ0v) is 26.7. The molecule has 0 radical (unpaired) electrons. The van der Waals surface area contributed by atoms with Crippen LogP contribution in [-0.2, 0) is 57.2 Å². The van der Waals surface area contributed by atoms with E-state index >= 15 is 0 Å². The van der Waals surface area contributed by atoms with Crippen LogP contribution in [0.4, 0.5) is 0 Å². The third-order valence-corrected chi connectivity index (χ3v) is 9.35. The van der Waals surface area contributed by atoms with Crippen molar-refractivity contribution in [2.75, 3.05) is 0 Å². The van der Waals surface area contributed by atoms with E-state index in [1.165, 1.54) is 32.9 Å². The summed E-state index contributed by atoms with van der Waals surface area (Å²) < 4.78 is 34.6. The Bertz CT molecular complexity index is 1280. The lowest BCUT2D eigenvalue weighted by Crippen LogP contribution is -2.75. The van der Waals surface area contributed by atoms with Crippen LogP contribution in [0.5, 0.6) is 0 Å². The molecule has 1 aliphatic heterocycles. The van der Waals surface area contributed by atoms with E-state index in [1.807, 2.05) is 0 Å². The summed E-state index contributed by atoms with van der Waals surface area (Å²) in [4.78, 5) is 76.1. The van der Waals surface area contributed by atoms with Gasteiger partial charge in [0.05, 0.1) is 22.6 Å². The summed E-state index contributed by atoms with van der Waals surface area (Å²) in [6, 6.07) is 0. The normalized spacial score (nSPS) is 40.7. The number of halogens is 1. The lowest BCUT2D eigenvalue weighted by atomic mass is 9.51. The summed E-state index contributed by atoms with van der Waals surface area (Å²) in [5.41, 5.74) is -6.03. The summed E-state index contributed by atoms with van der Waals surface area (Å²) in [5, 5.41) is 11.4. The summed E-state index contributed by atoms with van der Waals surface area (Å²) >= 11 is 6.75. The van der Waals surface area contributed by atoms with E-state index in [4.69, 9.17) is 40.0 Å². The second-order valence-corrected chi connectivity index (χ2v) is 12.4. The van der Waals surface area contributed by atoms with E-state index in [0.29, 0.717) is 0 Å². The number of aliphatic hydroxyl groups is 1. The molecule has 11 atom stereocenters. The van der Waals surface area contributed by atoms with Crippen molar-refractivity contribution in [3.05, 3.63) is 24.3 Å². The fraction of sp³-hybridized carbons (Fsp3) is 0.667. The van der Waals surface area contributed by atoms with Gasteiger partial charge in [0, 0.05) is 41.0 Å². The van der Waals surface area contributed by atoms with Gasteiger partial charge in [0.15, 0.2) is 17.3 Å². The number of alkyl halides is 1. The average molecular weight is 643 g/mol. The van der Waals surface area contributed by atoms with Gasteiger partial charge in [-0.15, -0.1) is 11.6 Å². The minimum Gasteiger partial charge on any atom is -0.462 e. The molecule has 0 amide bonds. The first-order valence-corrected chi connectivity index (χ1v) is 14.5. The molecule has 0 aromatic carbocycles. The smallest absolute Gasteiger partial charge is 0.312 e. The number of fused-ring (bicyclic) bond motifs is 2. The molecule has 0 aromatic rings. The highest BCUT2D eigenvalue weighted by molar-refractivity contribution is 6.23. The molecule has 0 bridgehead atoms. The van der Waals surface area contributed by atoms with Crippen molar-refractivity contribution in [1.29, 1.82) is 0 Å². The Morgan fingerprint density at radius 3 is 1.93 bits per heavy atom. The lowest BCUT2D eigenvalue weighted by molar-refractivity contribution is -0.291. The second kappa shape index (κ2) is 12.5. The highest BCUT2D eigenvalue weighted by Gasteiger charge is 2.75. The maximum Gasteiger partial charge on any atom is 0.312 e. The molecule has 0 spiro atoms. The van der Waals surface area contributed by atoms with E-state index < -0.39 is 100 Å². The molecule has 1 saturated heterocycles. The predicted molar refractivity (Wildman–Crippen MR) is 151 cm³/mol. The Morgan fingerprint density at radius 1 is 0.909 bits per heavy atom. The maximum atomic E-state index is 13.1. The van der Waals surface area contributed by atoms with Crippen LogP contribution in [0.2, 0.25) is 0 Å². The number of allylic oxidation sites excluding steroid dienone is 1. The number of hydrogen-bond donors (Lipinski definition) is 1. The van der Waals surface area contributed by atoms with Crippen LogP contribution in [0, 0.1) is 17.3 Å². The second-order valence-electron chi connectivity index (χ2n) is 11.9. The summed E-state index contributed by atoms with van der Waals surface area (Å²) in [6.45, 7) is 13.7. The standard InChI is InChI=1S/C30H39ClO13/c1-13-10-11-20(39-15(3)32)28(8)21(40-16(4)33)12-22(41-17(5)34)29(9,44-19(7)36)24(28)26(42-18(6)35)30(38)14(2)27(37)43-25(30)23(13)31/h10-11,14,20-26,38H,1,12H2,2-9H3/b11-10-/t14-,20-,21-,22+,23-,24+,25-,26-,28-,29+,30-/m0/s1. The summed E-state index contributed by atoms with van der Waals surface area (Å²) in [7, 11) is 0. The first-order valence-electron chi connectivity index (χ1n) is 14.0. The van der Waals surface area contributed by atoms with Gasteiger partial charge < -0.3 is 33.5 Å². The van der Waals surface area contributed by atoms with Crippen molar-refractivity contribution in [2.45, 2.75) is 109 Å². The van der Waals surface area contributed by atoms with Crippen LogP contribution in [0.3, 0.4) is 0 Å². The molecule has 3 rings (SSSR count). The van der Waals surface area contributed by atoms with Gasteiger partial charge in [-0.25, -0.2) is 0 Å². The number of rotatable bonds is 5. The van der Waals surface area contributed by atoms with E-state index in [0.717, 1.165) is 34.6 Å². The Labute approximate surface area is 260 Å². The van der Waals surface area contributed by atoms with Crippen LogP contribution < -0.4 is 0 Å². The molecule has 0 unspecified atom stereocenters. The van der Waals surface area contributed by atoms with Gasteiger partial charge >= 0.3 is 35.8 Å². The van der Waals surface area contributed by atoms with Crippen molar-refractivity contribution in [3.8, 4) is 0 Å². The topological polar surface area (TPSA) is 178 Å². The van der Waals surface area contributed by atoms with Gasteiger partial charge in [-0.2, -0.15) is 0 Å². The predicted octanol–water partition coefficient (Wildman–Crippen LogP) is 2.09. The Balaban J connectivity index is 2.59. The number of carbonyl (C=O) groups is 6. The molecule has 1 N–H and O–H groups in total. The van der Waals surface area contributed by atoms with E-state index in [-0.39, 0.29) is 12.0 Å². The van der Waals surface area contributed by atoms with Gasteiger partial charge in [-0.1, -0.05) is 19.6 Å². The largest absolute Gasteiger partial charge is 0.462 e. The fourth-order valence-corrected chi connectivity index (χ4v) is 7.31. The minimum atomic E-state index is -2.45. The number of carbonyl (C=O) groups excluding carboxylic acids is 6. The lowest BCUT2D eigenvalue weighted by Gasteiger charge is -2.61. The van der Waals surface area contributed by atoms with Gasteiger partial charge in [0.1, 0.15) is 24.4 Å². The fourth-order valence-electron chi connectivity index (χ4n) is 6.98. The highest BCUT2D eigenvalue weighted by atomic mass is 35.5. The van der Waals surface area contributed by atoms with Gasteiger partial charge in [0.2, 0.25) is 0 Å². The zero-order chi connectivity index (χ0) is 33.5. The number of esters is 6. The van der Waals surface area contributed by atoms with Crippen molar-refractivity contribution >= 4 is 47.4 Å². The molecule has 2 fully saturated rings. The molecule has 0 aromatic heterocycles. The van der Waals surface area contributed by atoms with E-state index in [1.54, 1.807) is 0 Å². The molecule has 3 aliphatic rings. The molecule has 1 heterocycles. The van der Waals surface area contributed by atoms with Crippen molar-refractivity contribution < 1.29 is 62.3 Å². The molecule has 1 saturated carbocycles. The summed E-state index contributed by atoms with van der Waals surface area (Å²) in [5.74, 6) is -7.93. The molecule has 2 aliphatic carbocycles. The van der Waals surface area contributed by atoms with Crippen molar-refractivity contribution in [3.63, 3.8) is 0 Å². The van der Waals surface area contributed by atoms with E-state index in [9.17, 15) is 33.9 Å². The molecule has 244 valence electrons. The van der Waals surface area contributed by atoms with Gasteiger partial charge in [0.25, 0.3) is 0 Å². The molecule has 14 heteroatoms. The number of hydrogen-bond acceptors (Lipinski definition) is 13. The SMILES string of the molecule is C=C1/C=C\[C@H](OC(C)=O)[C@@]2(C)[C@@H](OC(C)=O)C[C@@H](OC(C)=O)[C@@](C)(OC(C)=O)[C@@H]2[C@H](OC(C)=O)[C@]2(O)[C@@H](C)C(=O)O[C@H]2[C@H]1Cl. The third kappa shape index (κ3) is 6.08. The molecular weight excluding hydrogens is 604 g/mol. The van der Waals surface area contributed by atoms with Crippen LogP contribution in [0.25, 0.3) is 0 Å². The Kier molecular flexibility index (Phi) is 9.96. The molecule has 44 heavy (non-hydrogen) atoms. The molecule has 13 nitrogen and oxygen atoms in total. The maximum absolute atomic E-state index is 13.1. The average Bonchev–Trinajstić information content (AvgIpc) is 3.11. The summed E-state index contributed by atoms with van der Waals surface area (Å²) in [6.07, 6.45) is -4.88. The Morgan fingerprint density at radius 2 is 1.43 bits per heavy atom. The molecular formula is C30H39ClO13. The van der Waals surface area contributed by atoms with Crippen LogP contribution in [0.15, 0.2) is 24.3 Å². The van der Waals surface area contributed by atoms with Crippen molar-refractivity contribution in [1.82, 2.24) is 0 Å². The number of ether oxygens (including phenoxy) is 6. The first-order chi connectivity index (χ1) is 20.2. The minimum absolute atomic E-state index is 0.137. The van der Waals surface area contributed by atoms with Crippen LogP contribution >= 0.6 is 11.6 Å². The van der Waals surface area contributed by atoms with Crippen LogP contribution in [0.1, 0.15) is 61.8 Å². The monoisotopic (exact) mass is 642 g/mol. The first kappa shape index (κ1) is 35.0. The highest BCUT2D eigenvalue weighted by Crippen LogP contribution is 2.59. The van der Waals surface area contributed by atoms with Crippen LogP contribution in [-0.4, -0.2) is 88.0 Å².